The summed E-state index contributed by atoms with van der Waals surface area (Å²) in [6.45, 7) is 1.35. The standard InChI is InChI=1S/C16H13FO4/c1-9(18)10-3-5-12(14(7-10)16(19)20)13-8-11(17)4-6-15(13)21-2/h3-8H,1-2H3,(H,19,20). The zero-order valence-electron chi connectivity index (χ0n) is 11.5. The van der Waals surface area contributed by atoms with E-state index in [1.54, 1.807) is 0 Å². The lowest BCUT2D eigenvalue weighted by Gasteiger charge is -2.12. The van der Waals surface area contributed by atoms with Crippen LogP contribution in [0.3, 0.4) is 0 Å². The fourth-order valence-corrected chi connectivity index (χ4v) is 2.07. The first-order valence-corrected chi connectivity index (χ1v) is 6.16. The van der Waals surface area contributed by atoms with Crippen LogP contribution in [0.4, 0.5) is 4.39 Å². The largest absolute Gasteiger partial charge is 0.496 e. The number of ketones is 1. The molecule has 0 aromatic heterocycles. The minimum absolute atomic E-state index is 0.0772. The van der Waals surface area contributed by atoms with Crippen molar-refractivity contribution in [1.29, 1.82) is 0 Å². The average molecular weight is 288 g/mol. The summed E-state index contributed by atoms with van der Waals surface area (Å²) >= 11 is 0. The van der Waals surface area contributed by atoms with E-state index in [9.17, 15) is 19.1 Å². The Morgan fingerprint density at radius 3 is 2.38 bits per heavy atom. The summed E-state index contributed by atoms with van der Waals surface area (Å²) in [6, 6.07) is 8.13. The molecular formula is C16H13FO4. The third-order valence-electron chi connectivity index (χ3n) is 3.11. The average Bonchev–Trinajstić information content (AvgIpc) is 2.46. The zero-order chi connectivity index (χ0) is 15.6. The van der Waals surface area contributed by atoms with Crippen LogP contribution in [-0.4, -0.2) is 24.0 Å². The fourth-order valence-electron chi connectivity index (χ4n) is 2.07. The van der Waals surface area contributed by atoms with Gasteiger partial charge >= 0.3 is 5.97 Å². The summed E-state index contributed by atoms with van der Waals surface area (Å²) in [5, 5.41) is 9.32. The molecule has 0 bridgehead atoms. The minimum Gasteiger partial charge on any atom is -0.496 e. The van der Waals surface area contributed by atoms with Crippen LogP contribution in [0.1, 0.15) is 27.6 Å². The van der Waals surface area contributed by atoms with Gasteiger partial charge in [-0.15, -0.1) is 0 Å². The molecule has 2 aromatic carbocycles. The lowest BCUT2D eigenvalue weighted by Crippen LogP contribution is -2.04. The summed E-state index contributed by atoms with van der Waals surface area (Å²) in [6.07, 6.45) is 0. The van der Waals surface area contributed by atoms with E-state index in [-0.39, 0.29) is 16.9 Å². The highest BCUT2D eigenvalue weighted by molar-refractivity contribution is 6.02. The highest BCUT2D eigenvalue weighted by atomic mass is 19.1. The van der Waals surface area contributed by atoms with Gasteiger partial charge in [0.15, 0.2) is 5.78 Å². The Morgan fingerprint density at radius 1 is 1.10 bits per heavy atom. The van der Waals surface area contributed by atoms with Crippen LogP contribution in [-0.2, 0) is 0 Å². The normalized spacial score (nSPS) is 10.2. The molecule has 0 aliphatic carbocycles. The molecule has 21 heavy (non-hydrogen) atoms. The first kappa shape index (κ1) is 14.7. The lowest BCUT2D eigenvalue weighted by molar-refractivity contribution is 0.0697. The monoisotopic (exact) mass is 288 g/mol. The highest BCUT2D eigenvalue weighted by Crippen LogP contribution is 2.33. The summed E-state index contributed by atoms with van der Waals surface area (Å²) in [5.74, 6) is -1.58. The number of carboxylic acid groups (broad SMARTS) is 1. The second-order valence-corrected chi connectivity index (χ2v) is 4.47. The molecule has 5 heteroatoms. The number of carbonyl (C=O) groups excluding carboxylic acids is 1. The first-order chi connectivity index (χ1) is 9.93. The Morgan fingerprint density at radius 2 is 1.81 bits per heavy atom. The molecule has 0 aliphatic heterocycles. The Kier molecular flexibility index (Phi) is 4.03. The molecule has 2 aromatic rings. The summed E-state index contributed by atoms with van der Waals surface area (Å²) in [5.41, 5.74) is 0.826. The van der Waals surface area contributed by atoms with Gasteiger partial charge in [-0.2, -0.15) is 0 Å². The highest BCUT2D eigenvalue weighted by Gasteiger charge is 2.17. The third kappa shape index (κ3) is 2.91. The zero-order valence-corrected chi connectivity index (χ0v) is 11.5. The molecule has 0 heterocycles. The topological polar surface area (TPSA) is 63.6 Å². The van der Waals surface area contributed by atoms with E-state index in [0.29, 0.717) is 16.9 Å². The van der Waals surface area contributed by atoms with Gasteiger partial charge in [-0.3, -0.25) is 4.79 Å². The van der Waals surface area contributed by atoms with Crippen LogP contribution >= 0.6 is 0 Å². The number of hydrogen-bond donors (Lipinski definition) is 1. The second-order valence-electron chi connectivity index (χ2n) is 4.47. The van der Waals surface area contributed by atoms with E-state index in [2.05, 4.69) is 0 Å². The van der Waals surface area contributed by atoms with Crippen molar-refractivity contribution in [2.24, 2.45) is 0 Å². The van der Waals surface area contributed by atoms with Gasteiger partial charge in [-0.05, 0) is 31.2 Å². The molecular weight excluding hydrogens is 275 g/mol. The number of carboxylic acids is 1. The molecule has 0 amide bonds. The molecule has 0 spiro atoms. The maximum absolute atomic E-state index is 13.5. The first-order valence-electron chi connectivity index (χ1n) is 6.16. The van der Waals surface area contributed by atoms with Crippen LogP contribution in [0.25, 0.3) is 11.1 Å². The van der Waals surface area contributed by atoms with Crippen molar-refractivity contribution in [3.8, 4) is 16.9 Å². The number of benzene rings is 2. The van der Waals surface area contributed by atoms with Gasteiger partial charge in [-0.1, -0.05) is 12.1 Å². The smallest absolute Gasteiger partial charge is 0.336 e. The van der Waals surface area contributed by atoms with E-state index >= 15 is 0 Å². The van der Waals surface area contributed by atoms with Crippen molar-refractivity contribution >= 4 is 11.8 Å². The van der Waals surface area contributed by atoms with E-state index in [4.69, 9.17) is 4.74 Å². The Labute approximate surface area is 120 Å². The van der Waals surface area contributed by atoms with Gasteiger partial charge < -0.3 is 9.84 Å². The van der Waals surface area contributed by atoms with E-state index in [1.807, 2.05) is 0 Å². The molecule has 1 N–H and O–H groups in total. The van der Waals surface area contributed by atoms with Gasteiger partial charge in [-0.25, -0.2) is 9.18 Å². The second kappa shape index (κ2) is 5.75. The van der Waals surface area contributed by atoms with Crippen LogP contribution in [0.5, 0.6) is 5.75 Å². The number of Topliss-reactive ketones (excluding diaryl/α,β-unsaturated/α-hetero) is 1. The number of aromatic carboxylic acids is 1. The fraction of sp³-hybridized carbons (Fsp3) is 0.125. The number of methoxy groups -OCH3 is 1. The summed E-state index contributed by atoms with van der Waals surface area (Å²) in [4.78, 5) is 22.8. The van der Waals surface area contributed by atoms with Crippen molar-refractivity contribution < 1.29 is 23.8 Å². The predicted octanol–water partition coefficient (Wildman–Crippen LogP) is 3.40. The lowest BCUT2D eigenvalue weighted by atomic mass is 9.95. The van der Waals surface area contributed by atoms with E-state index < -0.39 is 11.8 Å². The number of halogens is 1. The number of rotatable bonds is 4. The molecule has 4 nitrogen and oxygen atoms in total. The van der Waals surface area contributed by atoms with Crippen molar-refractivity contribution in [3.05, 3.63) is 53.3 Å². The molecule has 0 radical (unpaired) electrons. The molecule has 108 valence electrons. The Balaban J connectivity index is 2.71. The quantitative estimate of drug-likeness (QED) is 0.876. The molecule has 0 fully saturated rings. The maximum atomic E-state index is 13.5. The molecule has 0 atom stereocenters. The molecule has 0 unspecified atom stereocenters. The van der Waals surface area contributed by atoms with Crippen molar-refractivity contribution in [1.82, 2.24) is 0 Å². The summed E-state index contributed by atoms with van der Waals surface area (Å²) < 4.78 is 18.6. The van der Waals surface area contributed by atoms with E-state index in [1.165, 1.54) is 50.4 Å². The number of hydrogen-bond acceptors (Lipinski definition) is 3. The van der Waals surface area contributed by atoms with Crippen LogP contribution in [0.15, 0.2) is 36.4 Å². The van der Waals surface area contributed by atoms with Crippen molar-refractivity contribution in [2.75, 3.05) is 7.11 Å². The van der Waals surface area contributed by atoms with Gasteiger partial charge in [0.2, 0.25) is 0 Å². The number of carbonyl (C=O) groups is 2. The van der Waals surface area contributed by atoms with E-state index in [0.717, 1.165) is 0 Å². The molecule has 2 rings (SSSR count). The minimum atomic E-state index is -1.19. The van der Waals surface area contributed by atoms with Crippen molar-refractivity contribution in [2.45, 2.75) is 6.92 Å². The van der Waals surface area contributed by atoms with Crippen molar-refractivity contribution in [3.63, 3.8) is 0 Å². The Hall–Kier alpha value is -2.69. The van der Waals surface area contributed by atoms with Gasteiger partial charge in [0.25, 0.3) is 0 Å². The number of ether oxygens (including phenoxy) is 1. The predicted molar refractivity (Wildman–Crippen MR) is 75.4 cm³/mol. The van der Waals surface area contributed by atoms with Crippen LogP contribution in [0.2, 0.25) is 0 Å². The van der Waals surface area contributed by atoms with Gasteiger partial charge in [0.1, 0.15) is 11.6 Å². The van der Waals surface area contributed by atoms with Crippen LogP contribution < -0.4 is 4.74 Å². The van der Waals surface area contributed by atoms with Gasteiger partial charge in [0, 0.05) is 16.7 Å². The summed E-state index contributed by atoms with van der Waals surface area (Å²) in [7, 11) is 1.42. The Bertz CT molecular complexity index is 722. The van der Waals surface area contributed by atoms with Crippen LogP contribution in [0, 0.1) is 5.82 Å². The van der Waals surface area contributed by atoms with Gasteiger partial charge in [0.05, 0.1) is 12.7 Å². The molecule has 0 saturated heterocycles. The maximum Gasteiger partial charge on any atom is 0.336 e. The SMILES string of the molecule is COc1ccc(F)cc1-c1ccc(C(C)=O)cc1C(=O)O. The molecule has 0 aliphatic rings. The molecule has 0 saturated carbocycles. The third-order valence-corrected chi connectivity index (χ3v) is 3.11.